The maximum absolute atomic E-state index is 14.2. The minimum Gasteiger partial charge on any atom is -0.312 e. The van der Waals surface area contributed by atoms with Crippen molar-refractivity contribution in [2.45, 2.75) is 38.5 Å². The molecule has 0 bridgehead atoms. The van der Waals surface area contributed by atoms with E-state index in [-0.39, 0.29) is 5.82 Å². The molecule has 1 atom stereocenters. The molecule has 3 nitrogen and oxygen atoms in total. The molecule has 1 aromatic rings. The quantitative estimate of drug-likeness (QED) is 0.925. The molecule has 1 N–H and O–H groups in total. The third-order valence-corrected chi connectivity index (χ3v) is 5.86. The van der Waals surface area contributed by atoms with Crippen molar-refractivity contribution >= 4 is 9.84 Å². The lowest BCUT2D eigenvalue weighted by Gasteiger charge is -2.34. The van der Waals surface area contributed by atoms with Crippen LogP contribution >= 0.6 is 0 Å². The third-order valence-electron chi connectivity index (χ3n) is 3.71. The van der Waals surface area contributed by atoms with E-state index in [1.165, 1.54) is 12.3 Å². The van der Waals surface area contributed by atoms with Crippen LogP contribution in [0.5, 0.6) is 0 Å². The van der Waals surface area contributed by atoms with Crippen LogP contribution in [0.3, 0.4) is 0 Å². The highest BCUT2D eigenvalue weighted by molar-refractivity contribution is 7.92. The Kier molecular flexibility index (Phi) is 4.42. The van der Waals surface area contributed by atoms with Gasteiger partial charge in [0.15, 0.2) is 9.84 Å². The van der Waals surface area contributed by atoms with E-state index in [0.29, 0.717) is 5.56 Å². The van der Waals surface area contributed by atoms with Gasteiger partial charge in [-0.3, -0.25) is 0 Å². The average molecular weight is 287 g/mol. The van der Waals surface area contributed by atoms with E-state index >= 15 is 0 Å². The molecule has 0 aliphatic carbocycles. The number of sulfone groups is 1. The number of halogens is 1. The molecular formula is C14H22FNO2S. The van der Waals surface area contributed by atoms with Gasteiger partial charge in [-0.05, 0) is 51.9 Å². The Balaban J connectivity index is 3.50. The van der Waals surface area contributed by atoms with Crippen LogP contribution in [-0.4, -0.2) is 26.5 Å². The fourth-order valence-corrected chi connectivity index (χ4v) is 3.01. The Morgan fingerprint density at radius 1 is 1.26 bits per heavy atom. The highest BCUT2D eigenvalue weighted by Crippen LogP contribution is 2.35. The van der Waals surface area contributed by atoms with Crippen molar-refractivity contribution in [3.8, 4) is 0 Å². The highest BCUT2D eigenvalue weighted by atomic mass is 32.2. The Morgan fingerprint density at radius 2 is 1.79 bits per heavy atom. The number of hydrogen-bond acceptors (Lipinski definition) is 3. The molecule has 0 aliphatic heterocycles. The first kappa shape index (κ1) is 16.1. The fraction of sp³-hybridized carbons (Fsp3) is 0.571. The lowest BCUT2D eigenvalue weighted by atomic mass is 9.90. The van der Waals surface area contributed by atoms with Gasteiger partial charge in [0.25, 0.3) is 0 Å². The van der Waals surface area contributed by atoms with Crippen LogP contribution in [0.1, 0.15) is 36.6 Å². The molecule has 1 unspecified atom stereocenters. The lowest BCUT2D eigenvalue weighted by molar-refractivity contribution is 0.428. The Morgan fingerprint density at radius 3 is 2.16 bits per heavy atom. The summed E-state index contributed by atoms with van der Waals surface area (Å²) in [5.41, 5.74) is 2.00. The highest BCUT2D eigenvalue weighted by Gasteiger charge is 2.40. The molecule has 0 saturated carbocycles. The van der Waals surface area contributed by atoms with Gasteiger partial charge in [-0.2, -0.15) is 0 Å². The van der Waals surface area contributed by atoms with Gasteiger partial charge in [0, 0.05) is 11.8 Å². The zero-order valence-corrected chi connectivity index (χ0v) is 13.2. The molecule has 0 saturated heterocycles. The molecule has 0 amide bonds. The van der Waals surface area contributed by atoms with Crippen molar-refractivity contribution in [1.29, 1.82) is 0 Å². The summed E-state index contributed by atoms with van der Waals surface area (Å²) in [6.45, 7) is 6.84. The van der Waals surface area contributed by atoms with Crippen LogP contribution in [-0.2, 0) is 9.84 Å². The van der Waals surface area contributed by atoms with E-state index in [4.69, 9.17) is 0 Å². The average Bonchev–Trinajstić information content (AvgIpc) is 2.20. The van der Waals surface area contributed by atoms with Crippen molar-refractivity contribution in [1.82, 2.24) is 5.32 Å². The summed E-state index contributed by atoms with van der Waals surface area (Å²) in [7, 11) is -1.69. The number of rotatable bonds is 4. The number of nitrogens with one attached hydrogen (secondary N) is 1. The minimum absolute atomic E-state index is 0.367. The summed E-state index contributed by atoms with van der Waals surface area (Å²) in [5.74, 6) is -0.367. The first-order valence-corrected chi connectivity index (χ1v) is 8.05. The monoisotopic (exact) mass is 287 g/mol. The molecule has 0 aromatic heterocycles. The lowest BCUT2D eigenvalue weighted by Crippen LogP contribution is -2.44. The molecule has 1 aromatic carbocycles. The number of benzene rings is 1. The smallest absolute Gasteiger partial charge is 0.154 e. The fourth-order valence-electron chi connectivity index (χ4n) is 2.35. The van der Waals surface area contributed by atoms with Crippen LogP contribution in [0.2, 0.25) is 0 Å². The second-order valence-corrected chi connectivity index (χ2v) is 8.17. The summed E-state index contributed by atoms with van der Waals surface area (Å²) < 4.78 is 37.0. The van der Waals surface area contributed by atoms with Crippen LogP contribution in [0.15, 0.2) is 12.1 Å². The molecule has 0 aliphatic rings. The maximum Gasteiger partial charge on any atom is 0.154 e. The number of hydrogen-bond donors (Lipinski definition) is 1. The molecule has 19 heavy (non-hydrogen) atoms. The largest absolute Gasteiger partial charge is 0.312 e. The zero-order chi connectivity index (χ0) is 15.0. The van der Waals surface area contributed by atoms with E-state index < -0.39 is 20.6 Å². The second-order valence-electron chi connectivity index (χ2n) is 5.57. The molecule has 0 fully saturated rings. The summed E-state index contributed by atoms with van der Waals surface area (Å²) >= 11 is 0. The van der Waals surface area contributed by atoms with Gasteiger partial charge < -0.3 is 5.32 Å². The Hall–Kier alpha value is -0.940. The van der Waals surface area contributed by atoms with Gasteiger partial charge in [-0.25, -0.2) is 12.8 Å². The Labute approximate surface area is 115 Å². The first-order chi connectivity index (χ1) is 8.52. The van der Waals surface area contributed by atoms with Crippen LogP contribution in [0.25, 0.3) is 0 Å². The zero-order valence-electron chi connectivity index (χ0n) is 12.3. The summed E-state index contributed by atoms with van der Waals surface area (Å²) in [6.07, 6.45) is 1.18. The second kappa shape index (κ2) is 5.21. The predicted molar refractivity (Wildman–Crippen MR) is 76.6 cm³/mol. The van der Waals surface area contributed by atoms with E-state index in [1.807, 2.05) is 13.0 Å². The first-order valence-electron chi connectivity index (χ1n) is 6.16. The van der Waals surface area contributed by atoms with Crippen LogP contribution in [0, 0.1) is 19.7 Å². The number of aryl methyl sites for hydroxylation is 2. The predicted octanol–water partition coefficient (Wildman–Crippen LogP) is 2.53. The van der Waals surface area contributed by atoms with E-state index in [9.17, 15) is 12.8 Å². The summed E-state index contributed by atoms with van der Waals surface area (Å²) in [5, 5.41) is 2.95. The van der Waals surface area contributed by atoms with Gasteiger partial charge in [0.1, 0.15) is 5.82 Å². The molecule has 108 valence electrons. The molecule has 0 radical (unpaired) electrons. The van der Waals surface area contributed by atoms with Gasteiger partial charge >= 0.3 is 0 Å². The summed E-state index contributed by atoms with van der Waals surface area (Å²) in [6, 6.07) is 2.70. The van der Waals surface area contributed by atoms with Gasteiger partial charge in [-0.1, -0.05) is 6.07 Å². The van der Waals surface area contributed by atoms with Crippen molar-refractivity contribution < 1.29 is 12.8 Å². The van der Waals surface area contributed by atoms with Crippen molar-refractivity contribution in [3.63, 3.8) is 0 Å². The molecule has 5 heteroatoms. The minimum atomic E-state index is -3.33. The van der Waals surface area contributed by atoms with Gasteiger partial charge in [0.05, 0.1) is 10.8 Å². The molecule has 0 heterocycles. The van der Waals surface area contributed by atoms with E-state index in [1.54, 1.807) is 27.8 Å². The topological polar surface area (TPSA) is 46.2 Å². The molecule has 0 spiro atoms. The van der Waals surface area contributed by atoms with E-state index in [2.05, 4.69) is 5.32 Å². The van der Waals surface area contributed by atoms with Crippen LogP contribution < -0.4 is 5.32 Å². The van der Waals surface area contributed by atoms with Gasteiger partial charge in [0.2, 0.25) is 0 Å². The van der Waals surface area contributed by atoms with Crippen molar-refractivity contribution in [2.75, 3.05) is 13.3 Å². The Bertz CT molecular complexity index is 556. The molecule has 1 rings (SSSR count). The maximum atomic E-state index is 14.2. The molecular weight excluding hydrogens is 265 g/mol. The normalized spacial score (nSPS) is 14.5. The standard InChI is InChI=1S/C14H22FNO2S/c1-9-7-10(2)12(11(15)8-9)13(16-5)14(3,4)19(6,17)18/h7-8,13,16H,1-6H3. The third kappa shape index (κ3) is 2.98. The van der Waals surface area contributed by atoms with Crippen molar-refractivity contribution in [3.05, 3.63) is 34.6 Å². The van der Waals surface area contributed by atoms with Crippen molar-refractivity contribution in [2.24, 2.45) is 0 Å². The van der Waals surface area contributed by atoms with Gasteiger partial charge in [-0.15, -0.1) is 0 Å². The van der Waals surface area contributed by atoms with E-state index in [0.717, 1.165) is 11.1 Å². The SMILES string of the molecule is CNC(c1c(C)cc(C)cc1F)C(C)(C)S(C)(=O)=O. The summed E-state index contributed by atoms with van der Waals surface area (Å²) in [4.78, 5) is 0. The van der Waals surface area contributed by atoms with Crippen LogP contribution in [0.4, 0.5) is 4.39 Å².